The smallest absolute Gasteiger partial charge is 0.309 e. The maximum absolute atomic E-state index is 12.0. The van der Waals surface area contributed by atoms with Gasteiger partial charge in [-0.05, 0) is 13.3 Å². The van der Waals surface area contributed by atoms with Gasteiger partial charge in [-0.2, -0.15) is 0 Å². The van der Waals surface area contributed by atoms with E-state index in [1.165, 1.54) is 19.8 Å². The normalized spacial score (nSPS) is 18.4. The van der Waals surface area contributed by atoms with E-state index < -0.39 is 7.60 Å². The zero-order chi connectivity index (χ0) is 10.8. The zero-order valence-electron chi connectivity index (χ0n) is 8.54. The molecule has 0 unspecified atom stereocenters. The van der Waals surface area contributed by atoms with Crippen LogP contribution in [0, 0.1) is 0 Å². The number of rotatable bonds is 3. The summed E-state index contributed by atoms with van der Waals surface area (Å²) in [4.78, 5) is 0. The van der Waals surface area contributed by atoms with Gasteiger partial charge in [0.05, 0.1) is 5.31 Å². The lowest BCUT2D eigenvalue weighted by molar-refractivity contribution is 0.282. The highest BCUT2D eigenvalue weighted by molar-refractivity contribution is 7.58. The molecule has 0 spiro atoms. The van der Waals surface area contributed by atoms with Crippen LogP contribution in [-0.2, 0) is 13.6 Å². The average Bonchev–Trinajstić information content (AvgIpc) is 2.17. The van der Waals surface area contributed by atoms with Gasteiger partial charge < -0.3 is 9.05 Å². The fourth-order valence-electron chi connectivity index (χ4n) is 1.36. The van der Waals surface area contributed by atoms with Crippen molar-refractivity contribution in [3.05, 3.63) is 22.0 Å². The molecule has 0 saturated heterocycles. The first-order valence-corrected chi connectivity index (χ1v) is 6.21. The van der Waals surface area contributed by atoms with Gasteiger partial charge in [-0.3, -0.25) is 4.57 Å². The first-order valence-electron chi connectivity index (χ1n) is 4.28. The molecule has 0 heterocycles. The predicted molar refractivity (Wildman–Crippen MR) is 57.5 cm³/mol. The highest BCUT2D eigenvalue weighted by Gasteiger charge is 2.30. The Kier molecular flexibility index (Phi) is 3.96. The van der Waals surface area contributed by atoms with E-state index in [-0.39, 0.29) is 0 Å². The standard InChI is InChI=1S/C9H14ClO3P/c1-7-4-5-9(8(10)6-7)14(11,12-2)13-3/h4H,5-6H2,1-3H3. The first-order chi connectivity index (χ1) is 6.53. The first kappa shape index (κ1) is 12.0. The monoisotopic (exact) mass is 236 g/mol. The van der Waals surface area contributed by atoms with Crippen molar-refractivity contribution < 1.29 is 13.6 Å². The van der Waals surface area contributed by atoms with E-state index in [1.807, 2.05) is 13.0 Å². The molecule has 3 nitrogen and oxygen atoms in total. The summed E-state index contributed by atoms with van der Waals surface area (Å²) in [7, 11) is -0.401. The Hall–Kier alpha value is -0.0800. The van der Waals surface area contributed by atoms with Gasteiger partial charge in [0, 0.05) is 25.7 Å². The zero-order valence-corrected chi connectivity index (χ0v) is 10.2. The molecule has 1 aliphatic rings. The third kappa shape index (κ3) is 2.29. The number of allylic oxidation sites excluding steroid dienone is 4. The lowest BCUT2D eigenvalue weighted by Crippen LogP contribution is -1.99. The second-order valence-corrected chi connectivity index (χ2v) is 5.87. The number of hydrogen-bond donors (Lipinski definition) is 0. The maximum Gasteiger partial charge on any atom is 0.358 e. The SMILES string of the molecule is COP(=O)(OC)C1=C(Cl)CC(C)=CC1. The van der Waals surface area contributed by atoms with E-state index in [4.69, 9.17) is 20.6 Å². The average molecular weight is 237 g/mol. The van der Waals surface area contributed by atoms with E-state index >= 15 is 0 Å². The van der Waals surface area contributed by atoms with Gasteiger partial charge in [-0.25, -0.2) is 0 Å². The maximum atomic E-state index is 12.0. The van der Waals surface area contributed by atoms with Crippen LogP contribution in [0.4, 0.5) is 0 Å². The molecule has 5 heteroatoms. The van der Waals surface area contributed by atoms with E-state index in [1.54, 1.807) is 0 Å². The van der Waals surface area contributed by atoms with E-state index in [0.717, 1.165) is 0 Å². The van der Waals surface area contributed by atoms with Gasteiger partial charge in [-0.1, -0.05) is 23.3 Å². The Balaban J connectivity index is 2.99. The number of halogens is 1. The summed E-state index contributed by atoms with van der Waals surface area (Å²) < 4.78 is 21.8. The van der Waals surface area contributed by atoms with Crippen LogP contribution in [0.5, 0.6) is 0 Å². The van der Waals surface area contributed by atoms with Crippen molar-refractivity contribution in [2.45, 2.75) is 19.8 Å². The summed E-state index contributed by atoms with van der Waals surface area (Å²) in [5, 5.41) is 1.16. The molecule has 0 aromatic carbocycles. The molecule has 0 aromatic rings. The Bertz CT molecular complexity index is 325. The summed E-state index contributed by atoms with van der Waals surface area (Å²) in [6.45, 7) is 1.99. The predicted octanol–water partition coefficient (Wildman–Crippen LogP) is 3.66. The van der Waals surface area contributed by atoms with Crippen molar-refractivity contribution in [1.29, 1.82) is 0 Å². The second-order valence-electron chi connectivity index (χ2n) is 3.15. The number of hydrogen-bond acceptors (Lipinski definition) is 3. The third-order valence-corrected chi connectivity index (χ3v) is 4.77. The van der Waals surface area contributed by atoms with E-state index in [0.29, 0.717) is 23.2 Å². The summed E-state index contributed by atoms with van der Waals surface area (Å²) in [6.07, 6.45) is 3.17. The summed E-state index contributed by atoms with van der Waals surface area (Å²) in [6, 6.07) is 0. The minimum Gasteiger partial charge on any atom is -0.309 e. The molecule has 0 amide bonds. The van der Waals surface area contributed by atoms with Gasteiger partial charge in [0.25, 0.3) is 0 Å². The molecule has 0 N–H and O–H groups in total. The largest absolute Gasteiger partial charge is 0.358 e. The molecule has 14 heavy (non-hydrogen) atoms. The van der Waals surface area contributed by atoms with Crippen LogP contribution in [0.1, 0.15) is 19.8 Å². The second kappa shape index (κ2) is 4.63. The molecule has 0 aromatic heterocycles. The highest BCUT2D eigenvalue weighted by Crippen LogP contribution is 2.59. The minimum atomic E-state index is -3.14. The van der Waals surface area contributed by atoms with Crippen molar-refractivity contribution in [2.75, 3.05) is 14.2 Å². The van der Waals surface area contributed by atoms with Gasteiger partial charge in [0.2, 0.25) is 0 Å². The Morgan fingerprint density at radius 3 is 2.43 bits per heavy atom. The molecule has 0 atom stereocenters. The Labute approximate surface area is 89.3 Å². The van der Waals surface area contributed by atoms with Crippen molar-refractivity contribution in [3.8, 4) is 0 Å². The van der Waals surface area contributed by atoms with Crippen LogP contribution >= 0.6 is 19.2 Å². The molecule has 0 bridgehead atoms. The van der Waals surface area contributed by atoms with Crippen LogP contribution in [-0.4, -0.2) is 14.2 Å². The molecule has 0 fully saturated rings. The van der Waals surface area contributed by atoms with Gasteiger partial charge in [0.15, 0.2) is 0 Å². The summed E-state index contributed by atoms with van der Waals surface area (Å²) >= 11 is 6.03. The Morgan fingerprint density at radius 2 is 2.00 bits per heavy atom. The topological polar surface area (TPSA) is 35.5 Å². The lowest BCUT2D eigenvalue weighted by atomic mass is 10.1. The fraction of sp³-hybridized carbons (Fsp3) is 0.556. The quantitative estimate of drug-likeness (QED) is 0.554. The summed E-state index contributed by atoms with van der Waals surface area (Å²) in [5.74, 6) is 0. The van der Waals surface area contributed by atoms with Crippen molar-refractivity contribution in [3.63, 3.8) is 0 Å². The molecule has 1 rings (SSSR count). The Morgan fingerprint density at radius 1 is 1.43 bits per heavy atom. The van der Waals surface area contributed by atoms with E-state index in [9.17, 15) is 4.57 Å². The minimum absolute atomic E-state index is 0.545. The van der Waals surface area contributed by atoms with Crippen LogP contribution < -0.4 is 0 Å². The highest BCUT2D eigenvalue weighted by atomic mass is 35.5. The molecule has 0 saturated carbocycles. The molecule has 0 radical (unpaired) electrons. The van der Waals surface area contributed by atoms with Crippen molar-refractivity contribution in [1.82, 2.24) is 0 Å². The molecule has 1 aliphatic carbocycles. The molecular formula is C9H14ClO3P. The van der Waals surface area contributed by atoms with E-state index in [2.05, 4.69) is 0 Å². The van der Waals surface area contributed by atoms with Crippen molar-refractivity contribution in [2.24, 2.45) is 0 Å². The van der Waals surface area contributed by atoms with Crippen LogP contribution in [0.25, 0.3) is 0 Å². The fourth-order valence-corrected chi connectivity index (χ4v) is 3.24. The van der Waals surface area contributed by atoms with Crippen LogP contribution in [0.15, 0.2) is 22.0 Å². The van der Waals surface area contributed by atoms with Gasteiger partial charge in [-0.15, -0.1) is 0 Å². The van der Waals surface area contributed by atoms with Gasteiger partial charge in [0.1, 0.15) is 0 Å². The lowest BCUT2D eigenvalue weighted by Gasteiger charge is -2.21. The van der Waals surface area contributed by atoms with Crippen molar-refractivity contribution >= 4 is 19.2 Å². The van der Waals surface area contributed by atoms with Crippen LogP contribution in [0.2, 0.25) is 0 Å². The summed E-state index contributed by atoms with van der Waals surface area (Å²) in [5.41, 5.74) is 1.18. The van der Waals surface area contributed by atoms with Crippen LogP contribution in [0.3, 0.4) is 0 Å². The molecular weight excluding hydrogens is 223 g/mol. The molecule has 0 aliphatic heterocycles. The third-order valence-electron chi connectivity index (χ3n) is 2.20. The molecule has 80 valence electrons. The van der Waals surface area contributed by atoms with Gasteiger partial charge >= 0.3 is 7.60 Å².